The molecule has 0 bridgehead atoms. The van der Waals surface area contributed by atoms with Gasteiger partial charge in [-0.3, -0.25) is 5.32 Å². The molecule has 0 atom stereocenters. The SMILES string of the molecule is COC(=O)Nc1cc(C)c(O)cc1C. The molecule has 0 spiro atoms. The smallest absolute Gasteiger partial charge is 0.411 e. The third-order valence-corrected chi connectivity index (χ3v) is 1.97. The summed E-state index contributed by atoms with van der Waals surface area (Å²) in [4.78, 5) is 10.9. The first-order chi connectivity index (χ1) is 6.54. The van der Waals surface area contributed by atoms with Crippen LogP contribution < -0.4 is 5.32 Å². The predicted molar refractivity (Wildman–Crippen MR) is 53.6 cm³/mol. The third kappa shape index (κ3) is 2.16. The van der Waals surface area contributed by atoms with Crippen molar-refractivity contribution in [1.82, 2.24) is 0 Å². The van der Waals surface area contributed by atoms with Crippen LogP contribution >= 0.6 is 0 Å². The summed E-state index contributed by atoms with van der Waals surface area (Å²) in [5, 5.41) is 11.9. The largest absolute Gasteiger partial charge is 0.508 e. The van der Waals surface area contributed by atoms with Crippen LogP contribution in [0.1, 0.15) is 11.1 Å². The second-order valence-corrected chi connectivity index (χ2v) is 3.07. The van der Waals surface area contributed by atoms with Crippen molar-refractivity contribution in [2.45, 2.75) is 13.8 Å². The van der Waals surface area contributed by atoms with Gasteiger partial charge in [0.2, 0.25) is 0 Å². The second kappa shape index (κ2) is 4.00. The van der Waals surface area contributed by atoms with Gasteiger partial charge < -0.3 is 9.84 Å². The molecule has 0 saturated heterocycles. The molecule has 14 heavy (non-hydrogen) atoms. The number of benzene rings is 1. The minimum atomic E-state index is -0.516. The fourth-order valence-electron chi connectivity index (χ4n) is 1.10. The molecule has 0 aliphatic carbocycles. The number of hydrogen-bond acceptors (Lipinski definition) is 3. The van der Waals surface area contributed by atoms with Gasteiger partial charge in [0, 0.05) is 5.69 Å². The van der Waals surface area contributed by atoms with Crippen molar-refractivity contribution in [1.29, 1.82) is 0 Å². The van der Waals surface area contributed by atoms with Gasteiger partial charge in [-0.25, -0.2) is 4.79 Å². The van der Waals surface area contributed by atoms with Crippen LogP contribution in [0.2, 0.25) is 0 Å². The molecule has 1 rings (SSSR count). The number of ether oxygens (including phenoxy) is 1. The molecule has 4 heteroatoms. The first-order valence-corrected chi connectivity index (χ1v) is 4.19. The zero-order chi connectivity index (χ0) is 10.7. The van der Waals surface area contributed by atoms with Crippen molar-refractivity contribution >= 4 is 11.8 Å². The van der Waals surface area contributed by atoms with Crippen LogP contribution in [0.5, 0.6) is 5.75 Å². The Bertz CT molecular complexity index is 361. The zero-order valence-corrected chi connectivity index (χ0v) is 8.42. The molecule has 4 nitrogen and oxygen atoms in total. The van der Waals surface area contributed by atoms with Gasteiger partial charge in [0.15, 0.2) is 0 Å². The maximum Gasteiger partial charge on any atom is 0.411 e. The number of phenols is 1. The van der Waals surface area contributed by atoms with Crippen LogP contribution in [0.15, 0.2) is 12.1 Å². The van der Waals surface area contributed by atoms with E-state index in [1.165, 1.54) is 7.11 Å². The van der Waals surface area contributed by atoms with Gasteiger partial charge in [-0.2, -0.15) is 0 Å². The monoisotopic (exact) mass is 195 g/mol. The highest BCUT2D eigenvalue weighted by molar-refractivity contribution is 5.85. The lowest BCUT2D eigenvalue weighted by atomic mass is 10.1. The van der Waals surface area contributed by atoms with Crippen molar-refractivity contribution in [3.63, 3.8) is 0 Å². The van der Waals surface area contributed by atoms with E-state index in [9.17, 15) is 9.90 Å². The highest BCUT2D eigenvalue weighted by Crippen LogP contribution is 2.24. The van der Waals surface area contributed by atoms with Crippen molar-refractivity contribution < 1.29 is 14.6 Å². The third-order valence-electron chi connectivity index (χ3n) is 1.97. The average Bonchev–Trinajstić information content (AvgIpc) is 2.14. The van der Waals surface area contributed by atoms with E-state index in [-0.39, 0.29) is 5.75 Å². The van der Waals surface area contributed by atoms with E-state index >= 15 is 0 Å². The minimum absolute atomic E-state index is 0.220. The number of aromatic hydroxyl groups is 1. The quantitative estimate of drug-likeness (QED) is 0.675. The number of phenolic OH excluding ortho intramolecular Hbond substituents is 1. The number of carbonyl (C=O) groups is 1. The molecule has 0 aliphatic heterocycles. The molecule has 1 aromatic rings. The lowest BCUT2D eigenvalue weighted by molar-refractivity contribution is 0.187. The second-order valence-electron chi connectivity index (χ2n) is 3.07. The predicted octanol–water partition coefficient (Wildman–Crippen LogP) is 2.19. The standard InChI is InChI=1S/C10H13NO3/c1-6-5-9(12)7(2)4-8(6)11-10(13)14-3/h4-5,12H,1-3H3,(H,11,13). The summed E-state index contributed by atoms with van der Waals surface area (Å²) in [6.07, 6.45) is -0.516. The van der Waals surface area contributed by atoms with E-state index in [1.807, 2.05) is 0 Å². The van der Waals surface area contributed by atoms with E-state index in [0.29, 0.717) is 11.3 Å². The molecule has 2 N–H and O–H groups in total. The Morgan fingerprint density at radius 1 is 1.36 bits per heavy atom. The number of rotatable bonds is 1. The minimum Gasteiger partial charge on any atom is -0.508 e. The first kappa shape index (κ1) is 10.4. The van der Waals surface area contributed by atoms with Gasteiger partial charge >= 0.3 is 6.09 Å². The van der Waals surface area contributed by atoms with E-state index in [1.54, 1.807) is 26.0 Å². The molecular formula is C10H13NO3. The Balaban J connectivity index is 2.98. The Labute approximate surface area is 82.5 Å². The molecule has 1 aromatic carbocycles. The normalized spacial score (nSPS) is 9.64. The zero-order valence-electron chi connectivity index (χ0n) is 8.42. The molecule has 0 aromatic heterocycles. The van der Waals surface area contributed by atoms with Crippen LogP contribution in [0.4, 0.5) is 10.5 Å². The molecule has 0 saturated carbocycles. The van der Waals surface area contributed by atoms with Gasteiger partial charge in [-0.05, 0) is 37.1 Å². The van der Waals surface area contributed by atoms with Crippen molar-refractivity contribution in [3.8, 4) is 5.75 Å². The Hall–Kier alpha value is -1.71. The van der Waals surface area contributed by atoms with Gasteiger partial charge in [-0.15, -0.1) is 0 Å². The summed E-state index contributed by atoms with van der Waals surface area (Å²) in [5.74, 6) is 0.220. The number of anilines is 1. The van der Waals surface area contributed by atoms with E-state index in [0.717, 1.165) is 5.56 Å². The maximum atomic E-state index is 10.9. The van der Waals surface area contributed by atoms with Crippen molar-refractivity contribution in [2.24, 2.45) is 0 Å². The van der Waals surface area contributed by atoms with Crippen LogP contribution in [0.25, 0.3) is 0 Å². The highest BCUT2D eigenvalue weighted by Gasteiger charge is 2.06. The number of amides is 1. The molecule has 76 valence electrons. The fourth-order valence-corrected chi connectivity index (χ4v) is 1.10. The summed E-state index contributed by atoms with van der Waals surface area (Å²) < 4.78 is 4.47. The Morgan fingerprint density at radius 3 is 2.57 bits per heavy atom. The molecule has 0 radical (unpaired) electrons. The van der Waals surface area contributed by atoms with Gasteiger partial charge in [0.05, 0.1) is 7.11 Å². The average molecular weight is 195 g/mol. The lowest BCUT2D eigenvalue weighted by Crippen LogP contribution is -2.11. The Kier molecular flexibility index (Phi) is 2.96. The molecule has 0 heterocycles. The number of carbonyl (C=O) groups excluding carboxylic acids is 1. The lowest BCUT2D eigenvalue weighted by Gasteiger charge is -2.09. The number of aryl methyl sites for hydroxylation is 2. The van der Waals surface area contributed by atoms with Gasteiger partial charge in [-0.1, -0.05) is 0 Å². The molecule has 0 fully saturated rings. The first-order valence-electron chi connectivity index (χ1n) is 4.19. The van der Waals surface area contributed by atoms with Crippen molar-refractivity contribution in [3.05, 3.63) is 23.3 Å². The Morgan fingerprint density at radius 2 is 2.00 bits per heavy atom. The van der Waals surface area contributed by atoms with Crippen LogP contribution in [0.3, 0.4) is 0 Å². The van der Waals surface area contributed by atoms with Gasteiger partial charge in [0.25, 0.3) is 0 Å². The topological polar surface area (TPSA) is 58.6 Å². The molecular weight excluding hydrogens is 182 g/mol. The van der Waals surface area contributed by atoms with Crippen LogP contribution in [-0.4, -0.2) is 18.3 Å². The summed E-state index contributed by atoms with van der Waals surface area (Å²) in [6.45, 7) is 3.56. The number of hydrogen-bond donors (Lipinski definition) is 2. The maximum absolute atomic E-state index is 10.9. The fraction of sp³-hybridized carbons (Fsp3) is 0.300. The summed E-state index contributed by atoms with van der Waals surface area (Å²) in [6, 6.07) is 3.29. The number of nitrogens with one attached hydrogen (secondary N) is 1. The summed E-state index contributed by atoms with van der Waals surface area (Å²) >= 11 is 0. The van der Waals surface area contributed by atoms with E-state index in [4.69, 9.17) is 0 Å². The summed E-state index contributed by atoms with van der Waals surface area (Å²) in [5.41, 5.74) is 2.15. The molecule has 0 unspecified atom stereocenters. The number of methoxy groups -OCH3 is 1. The molecule has 0 aliphatic rings. The van der Waals surface area contributed by atoms with Crippen molar-refractivity contribution in [2.75, 3.05) is 12.4 Å². The van der Waals surface area contributed by atoms with Gasteiger partial charge in [0.1, 0.15) is 5.75 Å². The van der Waals surface area contributed by atoms with E-state index < -0.39 is 6.09 Å². The highest BCUT2D eigenvalue weighted by atomic mass is 16.5. The van der Waals surface area contributed by atoms with Crippen LogP contribution in [0, 0.1) is 13.8 Å². The molecule has 1 amide bonds. The summed E-state index contributed by atoms with van der Waals surface area (Å²) in [7, 11) is 1.30. The van der Waals surface area contributed by atoms with Crippen LogP contribution in [-0.2, 0) is 4.74 Å². The van der Waals surface area contributed by atoms with E-state index in [2.05, 4.69) is 10.1 Å².